The molecule has 2 aromatic carbocycles. The largest absolute Gasteiger partial charge is 0.494 e. The number of nitrogens with one attached hydrogen (secondary N) is 8. The minimum absolute atomic E-state index is 0.00371. The Morgan fingerprint density at radius 1 is 0.683 bits per heavy atom. The molecule has 0 radical (unpaired) electrons. The fourth-order valence-electron chi connectivity index (χ4n) is 12.3. The number of benzene rings is 2. The predicted octanol–water partition coefficient (Wildman–Crippen LogP) is 3.89. The molecule has 11 amide bonds. The molecule has 1 aliphatic rings. The number of rotatable bonds is 46. The number of carboxylic acid groups (broad SMARTS) is 1. The van der Waals surface area contributed by atoms with Crippen LogP contribution in [0.1, 0.15) is 157 Å². The van der Waals surface area contributed by atoms with E-state index in [9.17, 15) is 61.2 Å². The number of urea groups is 1. The Labute approximate surface area is 595 Å². The van der Waals surface area contributed by atoms with Crippen LogP contribution >= 0.6 is 0 Å². The molecule has 0 bridgehead atoms. The van der Waals surface area contributed by atoms with Gasteiger partial charge in [-0.25, -0.2) is 18.7 Å². The average Bonchev–Trinajstić information content (AvgIpc) is 1.78. The lowest BCUT2D eigenvalue weighted by Crippen LogP contribution is -2.59. The van der Waals surface area contributed by atoms with Crippen LogP contribution in [0.25, 0.3) is 0 Å². The molecule has 0 saturated carbocycles. The van der Waals surface area contributed by atoms with Crippen molar-refractivity contribution in [2.24, 2.45) is 35.3 Å². The fraction of sp³-hybridized carbons (Fsp3) is 0.671. The number of methoxy groups -OCH3 is 2. The number of nitrogens with two attached hydrogens (primary N) is 1. The molecule has 3 rings (SSSR count). The van der Waals surface area contributed by atoms with Crippen molar-refractivity contribution in [2.75, 3.05) is 66.6 Å². The molecule has 0 aliphatic carbocycles. The molecule has 1 fully saturated rings. The number of aliphatic carboxylic acids is 1. The maximum Gasteiger partial charge on any atom is 0.312 e. The number of hydrogen-bond acceptors (Lipinski definition) is 18. The van der Waals surface area contributed by atoms with Gasteiger partial charge in [-0.05, 0) is 125 Å². The van der Waals surface area contributed by atoms with Crippen LogP contribution in [0.2, 0.25) is 0 Å². The molecule has 0 spiro atoms. The molecule has 11 N–H and O–H groups in total. The van der Waals surface area contributed by atoms with Crippen molar-refractivity contribution in [3.8, 4) is 5.75 Å². The normalized spacial score (nSPS) is 16.1. The van der Waals surface area contributed by atoms with E-state index in [1.54, 1.807) is 86.1 Å². The van der Waals surface area contributed by atoms with Crippen molar-refractivity contribution >= 4 is 80.9 Å². The van der Waals surface area contributed by atoms with Crippen molar-refractivity contribution in [3.63, 3.8) is 0 Å². The number of hydrogen-bond donors (Lipinski definition) is 10. The summed E-state index contributed by atoms with van der Waals surface area (Å²) in [6.45, 7) is 17.5. The number of carbonyl (C=O) groups excluding carboxylic acids is 10. The Hall–Kier alpha value is -8.00. The van der Waals surface area contributed by atoms with Crippen LogP contribution < -0.4 is 52.6 Å². The van der Waals surface area contributed by atoms with Crippen LogP contribution in [0.15, 0.2) is 48.5 Å². The zero-order chi connectivity index (χ0) is 75.8. The summed E-state index contributed by atoms with van der Waals surface area (Å²) in [6.07, 6.45) is 2.84. The number of carbonyl (C=O) groups is 11. The van der Waals surface area contributed by atoms with E-state index >= 15 is 0 Å². The number of likely N-dealkylation sites (N-methyl/N-ethyl adjacent to an activating group) is 2. The summed E-state index contributed by atoms with van der Waals surface area (Å²) >= 11 is 0. The van der Waals surface area contributed by atoms with Crippen LogP contribution in [0.3, 0.4) is 0 Å². The molecule has 1 aliphatic heterocycles. The lowest BCUT2D eigenvalue weighted by atomic mass is 9.89. The van der Waals surface area contributed by atoms with Crippen molar-refractivity contribution in [2.45, 2.75) is 213 Å². The molecular weight excluding hydrogens is 1330 g/mol. The summed E-state index contributed by atoms with van der Waals surface area (Å²) in [6, 6.07) is 6.63. The summed E-state index contributed by atoms with van der Waals surface area (Å²) < 4.78 is 44.6. The van der Waals surface area contributed by atoms with Gasteiger partial charge in [-0.1, -0.05) is 93.0 Å². The summed E-state index contributed by atoms with van der Waals surface area (Å²) in [7, 11) is 4.21. The first kappa shape index (κ1) is 87.2. The third-order valence-corrected chi connectivity index (χ3v) is 18.4. The van der Waals surface area contributed by atoms with Crippen molar-refractivity contribution in [1.82, 2.24) is 51.5 Å². The predicted molar refractivity (Wildman–Crippen MR) is 379 cm³/mol. The zero-order valence-electron chi connectivity index (χ0n) is 61.6. The molecule has 30 nitrogen and oxygen atoms in total. The van der Waals surface area contributed by atoms with Gasteiger partial charge in [0.15, 0.2) is 0 Å². The summed E-state index contributed by atoms with van der Waals surface area (Å²) in [5, 5.41) is 25.2. The third-order valence-electron chi connectivity index (χ3n) is 17.9. The van der Waals surface area contributed by atoms with Gasteiger partial charge in [0, 0.05) is 65.7 Å². The van der Waals surface area contributed by atoms with Crippen LogP contribution in [0.5, 0.6) is 5.75 Å². The minimum atomic E-state index is -4.05. The Morgan fingerprint density at radius 2 is 1.31 bits per heavy atom. The van der Waals surface area contributed by atoms with Gasteiger partial charge in [0.1, 0.15) is 29.9 Å². The molecule has 1 saturated heterocycles. The van der Waals surface area contributed by atoms with Gasteiger partial charge < -0.3 is 66.8 Å². The van der Waals surface area contributed by atoms with Crippen LogP contribution in [-0.4, -0.2) is 209 Å². The second-order valence-corrected chi connectivity index (χ2v) is 29.1. The Bertz CT molecular complexity index is 3130. The maximum absolute atomic E-state index is 14.5. The molecule has 0 unspecified atom stereocenters. The highest BCUT2D eigenvalue weighted by Crippen LogP contribution is 2.30. The summed E-state index contributed by atoms with van der Waals surface area (Å²) in [5.41, 5.74) is 9.22. The number of amides is 11. The lowest BCUT2D eigenvalue weighted by molar-refractivity contribution is -0.148. The van der Waals surface area contributed by atoms with Crippen LogP contribution in [0, 0.1) is 29.6 Å². The van der Waals surface area contributed by atoms with E-state index in [1.165, 1.54) is 14.2 Å². The first-order chi connectivity index (χ1) is 47.5. The van der Waals surface area contributed by atoms with Crippen molar-refractivity contribution in [3.05, 3.63) is 59.7 Å². The highest BCUT2D eigenvalue weighted by Gasteiger charge is 2.44. The van der Waals surface area contributed by atoms with Crippen molar-refractivity contribution in [1.29, 1.82) is 0 Å². The number of carboxylic acids is 1. The number of hydroxylamine groups is 1. The Morgan fingerprint density at radius 3 is 1.87 bits per heavy atom. The quantitative estimate of drug-likeness (QED) is 0.0332. The van der Waals surface area contributed by atoms with Crippen molar-refractivity contribution < 1.29 is 85.3 Å². The number of ether oxygens (including phenoxy) is 3. The van der Waals surface area contributed by atoms with E-state index in [0.717, 1.165) is 6.26 Å². The molecule has 11 atom stereocenters. The van der Waals surface area contributed by atoms with Gasteiger partial charge in [-0.15, -0.1) is 0 Å². The molecule has 0 aromatic heterocycles. The van der Waals surface area contributed by atoms with E-state index in [-0.39, 0.29) is 112 Å². The average molecular weight is 1440 g/mol. The van der Waals surface area contributed by atoms with Crippen LogP contribution in [-0.2, 0) is 85.3 Å². The highest BCUT2D eigenvalue weighted by atomic mass is 32.2. The van der Waals surface area contributed by atoms with E-state index in [1.807, 2.05) is 65.3 Å². The molecule has 2 aromatic rings. The van der Waals surface area contributed by atoms with E-state index in [0.29, 0.717) is 74.2 Å². The van der Waals surface area contributed by atoms with E-state index in [4.69, 9.17) is 29.9 Å². The minimum Gasteiger partial charge on any atom is -0.494 e. The number of primary amides is 1. The maximum atomic E-state index is 14.5. The number of unbranched alkanes of at least 4 members (excludes halogenated alkanes) is 2. The van der Waals surface area contributed by atoms with E-state index < -0.39 is 112 Å². The first-order valence-electron chi connectivity index (χ1n) is 34.8. The van der Waals surface area contributed by atoms with Gasteiger partial charge in [0.25, 0.3) is 5.91 Å². The summed E-state index contributed by atoms with van der Waals surface area (Å²) in [5.74, 6) is -6.75. The third kappa shape index (κ3) is 30.2. The fourth-order valence-corrected chi connectivity index (χ4v) is 12.8. The molecule has 568 valence electrons. The SMILES string of the molecule is CC[C@H](C)[C@@H]([C@@H](CC(=O)N1CCC[C@H]1[C@H](OC)[C@@H](C)C(=O)N[C@@H](Cc1ccc(OCCCCCC(=O)NOCc2ccc(NC(=O)[C@H](CCCNC(N)=O)NC(=O)[C@@H](NC(=O)CCCC(=O)O)C(C)C)cc2)cc1)C(=O)NS(C)(=O)=O)OC)N(C)C(=O)[C@@H](NC(=O)[C@H](C(C)C)N(C)C)C(C)C. The van der Waals surface area contributed by atoms with Gasteiger partial charge in [-0.2, -0.15) is 0 Å². The molecule has 1 heterocycles. The first-order valence-corrected chi connectivity index (χ1v) is 36.7. The van der Waals surface area contributed by atoms with E-state index in [2.05, 4.69) is 37.4 Å². The van der Waals surface area contributed by atoms with Crippen LogP contribution in [0.4, 0.5) is 10.5 Å². The second-order valence-electron chi connectivity index (χ2n) is 27.3. The van der Waals surface area contributed by atoms with Gasteiger partial charge in [0.2, 0.25) is 57.3 Å². The van der Waals surface area contributed by atoms with Gasteiger partial charge in [0.05, 0.1) is 62.1 Å². The monoisotopic (exact) mass is 1440 g/mol. The number of sulfonamides is 1. The Balaban J connectivity index is 1.56. The highest BCUT2D eigenvalue weighted by molar-refractivity contribution is 7.89. The molecule has 31 heteroatoms. The summed E-state index contributed by atoms with van der Waals surface area (Å²) in [4.78, 5) is 155. The molecular formula is C70H114N12O18S. The lowest BCUT2D eigenvalue weighted by Gasteiger charge is -2.41. The van der Waals surface area contributed by atoms with Gasteiger partial charge >= 0.3 is 12.0 Å². The second kappa shape index (κ2) is 43.7. The van der Waals surface area contributed by atoms with Gasteiger partial charge in [-0.3, -0.25) is 62.4 Å². The molecule has 101 heavy (non-hydrogen) atoms. The Kier molecular flexibility index (Phi) is 37.8. The smallest absolute Gasteiger partial charge is 0.312 e. The zero-order valence-corrected chi connectivity index (χ0v) is 62.5. The number of nitrogens with zero attached hydrogens (tertiary/aromatic N) is 3. The number of likely N-dealkylation sites (tertiary alicyclic amines) is 1. The number of anilines is 1. The standard InChI is InChI=1S/C70H114N12O18S/c1-16-45(8)62(81(12)69(93)60(43(4)5)77-68(92)61(44(6)7)80(10)11)54(97-13)40-57(85)82-37-22-24-53(82)63(98-14)46(9)64(88)75-52(66(90)79-101(15,95)96)39-47-30-34-50(35-31-47)99-38-19-17-18-25-56(84)78-100-41-48-28-32-49(33-29-48)73-65(89)51(23-21-36-72-70(71)94)74-67(91)59(42(2)3)76-55(83)26-20-27-58(86)87/h28-35,42-46,51-54,59-63H,16-27,36-41H2,1-15H3,(H,73,89)(H,74,91)(H,75,88)(H,76,83)(H,77,92)(H,78,84)(H,79,90)(H,86,87)(H3,71,72,94)/t45-,46+,51-,52-,53-,54+,59-,60-,61-,62-,63+/m0/s1. The topological polar surface area (TPSA) is 411 Å².